The summed E-state index contributed by atoms with van der Waals surface area (Å²) in [6.45, 7) is 21.4. The van der Waals surface area contributed by atoms with Gasteiger partial charge >= 0.3 is 0 Å². The van der Waals surface area contributed by atoms with Gasteiger partial charge in [-0.1, -0.05) is 110 Å². The fourth-order valence-electron chi connectivity index (χ4n) is 3.40. The van der Waals surface area contributed by atoms with Gasteiger partial charge in [0, 0.05) is 57.1 Å². The van der Waals surface area contributed by atoms with Crippen molar-refractivity contribution in [3.63, 3.8) is 0 Å². The van der Waals surface area contributed by atoms with Crippen LogP contribution in [0.3, 0.4) is 0 Å². The number of allylic oxidation sites excluding steroid dienone is 5. The fourth-order valence-corrected chi connectivity index (χ4v) is 3.40. The van der Waals surface area contributed by atoms with Gasteiger partial charge < -0.3 is 20.2 Å². The van der Waals surface area contributed by atoms with Crippen LogP contribution in [0.5, 0.6) is 0 Å². The zero-order chi connectivity index (χ0) is 22.7. The first-order chi connectivity index (χ1) is 14.1. The summed E-state index contributed by atoms with van der Waals surface area (Å²) in [6.07, 6.45) is 9.43. The minimum absolute atomic E-state index is 0. The van der Waals surface area contributed by atoms with E-state index in [9.17, 15) is 4.79 Å². The van der Waals surface area contributed by atoms with Crippen molar-refractivity contribution in [2.75, 3.05) is 13.1 Å². The van der Waals surface area contributed by atoms with Crippen molar-refractivity contribution in [3.05, 3.63) is 87.2 Å². The number of benzene rings is 1. The first-order valence-corrected chi connectivity index (χ1v) is 11.3. The Morgan fingerprint density at radius 3 is 2.09 bits per heavy atom. The summed E-state index contributed by atoms with van der Waals surface area (Å²) in [5.41, 5.74) is 2.05. The Balaban J connectivity index is -0.000000249. The van der Waals surface area contributed by atoms with Gasteiger partial charge in [0.1, 0.15) is 5.78 Å². The summed E-state index contributed by atoms with van der Waals surface area (Å²) in [5, 5.41) is 3.47. The number of nitrogens with one attached hydrogen (secondary N) is 1. The van der Waals surface area contributed by atoms with Crippen molar-refractivity contribution in [1.82, 2.24) is 5.32 Å². The fraction of sp³-hybridized carbons (Fsp3) is 0.483. The number of piperidine rings is 1. The largest absolute Gasteiger partial charge is 0.358 e. The van der Waals surface area contributed by atoms with Gasteiger partial charge in [-0.3, -0.25) is 4.79 Å². The van der Waals surface area contributed by atoms with Crippen molar-refractivity contribution in [3.8, 4) is 0 Å². The minimum Gasteiger partial charge on any atom is -0.358 e. The van der Waals surface area contributed by atoms with Gasteiger partial charge in [0.25, 0.3) is 0 Å². The molecule has 0 amide bonds. The van der Waals surface area contributed by atoms with E-state index >= 15 is 0 Å². The number of rotatable bonds is 6. The Morgan fingerprint density at radius 2 is 1.62 bits per heavy atom. The van der Waals surface area contributed by atoms with Crippen LogP contribution in [0.25, 0.3) is 0 Å². The van der Waals surface area contributed by atoms with Crippen molar-refractivity contribution in [2.45, 2.75) is 68.2 Å². The maximum atomic E-state index is 13.1. The van der Waals surface area contributed by atoms with Gasteiger partial charge in [0.05, 0.1) is 0 Å². The summed E-state index contributed by atoms with van der Waals surface area (Å²) >= 11 is 0. The molecule has 1 N–H and O–H groups in total. The van der Waals surface area contributed by atoms with E-state index in [-0.39, 0.29) is 58.9 Å². The van der Waals surface area contributed by atoms with Crippen LogP contribution in [0.1, 0.15) is 67.4 Å². The van der Waals surface area contributed by atoms with Crippen LogP contribution in [0.15, 0.2) is 66.8 Å². The quantitative estimate of drug-likeness (QED) is 0.305. The second-order valence-corrected chi connectivity index (χ2v) is 6.60. The number of carbonyl (C=O) groups excluding carboxylic acids is 1. The second-order valence-electron chi connectivity index (χ2n) is 6.60. The van der Waals surface area contributed by atoms with Gasteiger partial charge in [-0.2, -0.15) is 0 Å². The molecule has 0 saturated carbocycles. The topological polar surface area (TPSA) is 29.1 Å². The van der Waals surface area contributed by atoms with Gasteiger partial charge in [0.15, 0.2) is 0 Å². The second kappa shape index (κ2) is 26.4. The van der Waals surface area contributed by atoms with E-state index in [2.05, 4.69) is 37.0 Å². The molecule has 1 heterocycles. The van der Waals surface area contributed by atoms with Crippen molar-refractivity contribution >= 4 is 5.78 Å². The molecule has 1 aliphatic heterocycles. The molecule has 1 aromatic carbocycles. The maximum absolute atomic E-state index is 13.1. The molecule has 1 fully saturated rings. The zero-order valence-corrected chi connectivity index (χ0v) is 25.6. The van der Waals surface area contributed by atoms with E-state index < -0.39 is 0 Å². The predicted molar refractivity (Wildman–Crippen MR) is 144 cm³/mol. The first-order valence-electron chi connectivity index (χ1n) is 11.3. The van der Waals surface area contributed by atoms with E-state index in [4.69, 9.17) is 0 Å². The Hall–Kier alpha value is -0.826. The summed E-state index contributed by atoms with van der Waals surface area (Å²) in [7, 11) is 0. The SMILES string of the molecule is C=C/C=C(\C=C/C)CC1CNCC(C)(Cc2ccccc2)C1=O.CC.CC.CC.[CH3-].[CH3-].[Y]. The Labute approximate surface area is 227 Å². The van der Waals surface area contributed by atoms with Gasteiger partial charge in [-0.15, -0.1) is 0 Å². The van der Waals surface area contributed by atoms with E-state index in [1.807, 2.05) is 78.8 Å². The standard InChI is InChI=1S/C21H27NO.3C2H6.2CH3.Y/c1-4-9-17(10-5-2)13-19-15-22-16-21(3,20(19)23)14-18-11-7-6-8-12-18;3*1-2;;;/h4-12,19,22H,1,13-16H2,2-3H3;3*1-2H3;2*1H3;/q;;;;2*-1;/b10-5-,17-9+;;;;;;. The Bertz CT molecular complexity index is 607. The molecule has 2 nitrogen and oxygen atoms in total. The number of hydrogen-bond acceptors (Lipinski definition) is 2. The summed E-state index contributed by atoms with van der Waals surface area (Å²) in [6, 6.07) is 10.3. The maximum Gasteiger partial charge on any atom is 0.145 e. The zero-order valence-electron chi connectivity index (χ0n) is 22.8. The molecule has 2 atom stereocenters. The third kappa shape index (κ3) is 15.1. The van der Waals surface area contributed by atoms with Crippen LogP contribution in [0.4, 0.5) is 0 Å². The van der Waals surface area contributed by atoms with E-state index in [1.165, 1.54) is 5.56 Å². The summed E-state index contributed by atoms with van der Waals surface area (Å²) in [4.78, 5) is 13.1. The summed E-state index contributed by atoms with van der Waals surface area (Å²) < 4.78 is 0. The van der Waals surface area contributed by atoms with Crippen molar-refractivity contribution in [1.29, 1.82) is 0 Å². The van der Waals surface area contributed by atoms with Crippen LogP contribution in [-0.4, -0.2) is 18.9 Å². The smallest absolute Gasteiger partial charge is 0.145 e. The molecule has 0 bridgehead atoms. The molecule has 2 rings (SSSR count). The first kappa shape index (κ1) is 41.4. The van der Waals surface area contributed by atoms with Crippen LogP contribution in [0.2, 0.25) is 0 Å². The average Bonchev–Trinajstić information content (AvgIpc) is 2.77. The molecule has 0 aromatic heterocycles. The number of hydrogen-bond donors (Lipinski definition) is 1. The molecule has 3 heteroatoms. The number of carbonyl (C=O) groups is 1. The van der Waals surface area contributed by atoms with Crippen molar-refractivity contribution in [2.24, 2.45) is 11.3 Å². The molecule has 183 valence electrons. The van der Waals surface area contributed by atoms with Crippen LogP contribution >= 0.6 is 0 Å². The van der Waals surface area contributed by atoms with E-state index in [0.717, 1.165) is 31.5 Å². The van der Waals surface area contributed by atoms with Crippen molar-refractivity contribution < 1.29 is 37.5 Å². The predicted octanol–water partition coefficient (Wildman–Crippen LogP) is 8.08. The molecular weight excluding hydrogens is 467 g/mol. The average molecular weight is 519 g/mol. The minimum atomic E-state index is -0.334. The third-order valence-corrected chi connectivity index (χ3v) is 4.50. The molecular formula is C29H51NOY-2. The molecule has 2 unspecified atom stereocenters. The molecule has 1 radical (unpaired) electrons. The van der Waals surface area contributed by atoms with Gasteiger partial charge in [0.2, 0.25) is 0 Å². The third-order valence-electron chi connectivity index (χ3n) is 4.50. The number of Topliss-reactive ketones (excluding diaryl/α,β-unsaturated/α-hetero) is 1. The molecule has 1 aliphatic rings. The Morgan fingerprint density at radius 1 is 1.09 bits per heavy atom. The summed E-state index contributed by atoms with van der Waals surface area (Å²) in [5.74, 6) is 0.402. The van der Waals surface area contributed by atoms with Crippen LogP contribution in [-0.2, 0) is 43.9 Å². The number of ketones is 1. The molecule has 32 heavy (non-hydrogen) atoms. The normalized spacial score (nSPS) is 19.1. The molecule has 1 aromatic rings. The van der Waals surface area contributed by atoms with Gasteiger partial charge in [-0.05, 0) is 30.9 Å². The van der Waals surface area contributed by atoms with E-state index in [0.29, 0.717) is 5.78 Å². The molecule has 1 saturated heterocycles. The van der Waals surface area contributed by atoms with Crippen LogP contribution < -0.4 is 5.32 Å². The monoisotopic (exact) mass is 518 g/mol. The Kier molecular flexibility index (Phi) is 34.2. The van der Waals surface area contributed by atoms with Crippen LogP contribution in [0, 0.1) is 26.2 Å². The van der Waals surface area contributed by atoms with Gasteiger partial charge in [-0.25, -0.2) is 0 Å². The van der Waals surface area contributed by atoms with E-state index in [1.54, 1.807) is 6.08 Å². The molecule has 0 spiro atoms. The molecule has 0 aliphatic carbocycles.